The molecule has 1 N–H and O–H groups in total. The number of carbonyl (C=O) groups excluding carboxylic acids is 1. The van der Waals surface area contributed by atoms with Crippen molar-refractivity contribution in [1.82, 2.24) is 20.1 Å². The number of aromatic nitrogens is 3. The molecule has 5 nitrogen and oxygen atoms in total. The maximum atomic E-state index is 13.6. The Bertz CT molecular complexity index is 698. The Labute approximate surface area is 120 Å². The fourth-order valence-electron chi connectivity index (χ4n) is 2.51. The molecule has 2 aromatic rings. The molecule has 1 aliphatic heterocycles. The molecule has 0 radical (unpaired) electrons. The zero-order chi connectivity index (χ0) is 15.0. The van der Waals surface area contributed by atoms with Gasteiger partial charge in [0.2, 0.25) is 0 Å². The Morgan fingerprint density at radius 2 is 2.19 bits per heavy atom. The van der Waals surface area contributed by atoms with Crippen LogP contribution in [0, 0.1) is 11.6 Å². The number of aryl methyl sites for hydroxylation is 1. The molecule has 3 rings (SSSR count). The van der Waals surface area contributed by atoms with Crippen molar-refractivity contribution >= 4 is 5.91 Å². The second-order valence-corrected chi connectivity index (χ2v) is 5.03. The van der Waals surface area contributed by atoms with Gasteiger partial charge in [-0.25, -0.2) is 8.78 Å². The number of fused-ring (bicyclic) bond motifs is 1. The first-order valence-electron chi connectivity index (χ1n) is 6.75. The third kappa shape index (κ3) is 2.39. The summed E-state index contributed by atoms with van der Waals surface area (Å²) >= 11 is 0. The molecule has 2 heterocycles. The lowest BCUT2D eigenvalue weighted by atomic mass is 10.1. The van der Waals surface area contributed by atoms with Gasteiger partial charge in [0, 0.05) is 13.0 Å². The van der Waals surface area contributed by atoms with E-state index in [1.54, 1.807) is 6.92 Å². The van der Waals surface area contributed by atoms with Gasteiger partial charge in [0.1, 0.15) is 5.82 Å². The van der Waals surface area contributed by atoms with Gasteiger partial charge in [0.15, 0.2) is 17.5 Å². The summed E-state index contributed by atoms with van der Waals surface area (Å²) in [5, 5.41) is 10.7. The van der Waals surface area contributed by atoms with Crippen LogP contribution in [0.1, 0.15) is 41.4 Å². The highest BCUT2D eigenvalue weighted by atomic mass is 19.2. The highest BCUT2D eigenvalue weighted by Crippen LogP contribution is 2.19. The van der Waals surface area contributed by atoms with Gasteiger partial charge in [0.25, 0.3) is 5.91 Å². The second kappa shape index (κ2) is 5.23. The van der Waals surface area contributed by atoms with E-state index >= 15 is 0 Å². The molecular formula is C14H14F2N4O. The van der Waals surface area contributed by atoms with E-state index in [0.29, 0.717) is 5.82 Å². The van der Waals surface area contributed by atoms with Crippen LogP contribution in [-0.4, -0.2) is 20.7 Å². The molecule has 7 heteroatoms. The third-order valence-electron chi connectivity index (χ3n) is 3.57. The summed E-state index contributed by atoms with van der Waals surface area (Å²) in [7, 11) is 0. The molecule has 0 spiro atoms. The van der Waals surface area contributed by atoms with E-state index in [9.17, 15) is 13.6 Å². The SMILES string of the molecule is CC(NC(=O)c1cccc(F)c1F)c1nnc2n1CCC2. The lowest BCUT2D eigenvalue weighted by Crippen LogP contribution is -2.29. The van der Waals surface area contributed by atoms with E-state index < -0.39 is 23.6 Å². The minimum absolute atomic E-state index is 0.317. The molecule has 110 valence electrons. The van der Waals surface area contributed by atoms with Gasteiger partial charge in [0.05, 0.1) is 11.6 Å². The monoisotopic (exact) mass is 292 g/mol. The standard InChI is InChI=1S/C14H14F2N4O/c1-8(13-19-18-11-6-3-7-20(11)13)17-14(21)9-4-2-5-10(15)12(9)16/h2,4-5,8H,3,6-7H2,1H3,(H,17,21). The normalized spacial score (nSPS) is 14.8. The van der Waals surface area contributed by atoms with E-state index in [4.69, 9.17) is 0 Å². The summed E-state index contributed by atoms with van der Waals surface area (Å²) in [4.78, 5) is 12.0. The zero-order valence-corrected chi connectivity index (χ0v) is 11.4. The molecule has 1 amide bonds. The average molecular weight is 292 g/mol. The molecule has 0 aliphatic carbocycles. The summed E-state index contributed by atoms with van der Waals surface area (Å²) in [5.74, 6) is -1.34. The van der Waals surface area contributed by atoms with Gasteiger partial charge in [-0.3, -0.25) is 4.79 Å². The second-order valence-electron chi connectivity index (χ2n) is 5.03. The predicted molar refractivity (Wildman–Crippen MR) is 70.6 cm³/mol. The predicted octanol–water partition coefficient (Wildman–Crippen LogP) is 1.99. The first-order valence-corrected chi connectivity index (χ1v) is 6.75. The first-order chi connectivity index (χ1) is 10.1. The highest BCUT2D eigenvalue weighted by molar-refractivity contribution is 5.94. The van der Waals surface area contributed by atoms with Crippen LogP contribution in [0.3, 0.4) is 0 Å². The van der Waals surface area contributed by atoms with Gasteiger partial charge in [-0.05, 0) is 25.5 Å². The maximum Gasteiger partial charge on any atom is 0.254 e. The van der Waals surface area contributed by atoms with Crippen LogP contribution in [-0.2, 0) is 13.0 Å². The molecule has 0 bridgehead atoms. The summed E-state index contributed by atoms with van der Waals surface area (Å²) in [6.45, 7) is 2.55. The number of hydrogen-bond acceptors (Lipinski definition) is 3. The van der Waals surface area contributed by atoms with Crippen molar-refractivity contribution in [3.63, 3.8) is 0 Å². The molecule has 1 aromatic heterocycles. The molecule has 1 aliphatic rings. The number of hydrogen-bond donors (Lipinski definition) is 1. The minimum Gasteiger partial charge on any atom is -0.342 e. The van der Waals surface area contributed by atoms with Crippen LogP contribution in [0.2, 0.25) is 0 Å². The van der Waals surface area contributed by atoms with Crippen LogP contribution in [0.25, 0.3) is 0 Å². The van der Waals surface area contributed by atoms with Crippen LogP contribution in [0.15, 0.2) is 18.2 Å². The van der Waals surface area contributed by atoms with E-state index in [-0.39, 0.29) is 5.56 Å². The summed E-state index contributed by atoms with van der Waals surface area (Å²) < 4.78 is 28.7. The summed E-state index contributed by atoms with van der Waals surface area (Å²) in [6, 6.07) is 3.09. The zero-order valence-electron chi connectivity index (χ0n) is 11.4. The number of amides is 1. The van der Waals surface area contributed by atoms with Gasteiger partial charge in [-0.15, -0.1) is 10.2 Å². The number of carbonyl (C=O) groups is 1. The van der Waals surface area contributed by atoms with Crippen molar-refractivity contribution in [3.8, 4) is 0 Å². The lowest BCUT2D eigenvalue weighted by molar-refractivity contribution is 0.0932. The molecule has 0 saturated carbocycles. The van der Waals surface area contributed by atoms with Crippen LogP contribution < -0.4 is 5.32 Å². The van der Waals surface area contributed by atoms with Crippen molar-refractivity contribution < 1.29 is 13.6 Å². The summed E-state index contributed by atoms with van der Waals surface area (Å²) in [5.41, 5.74) is -0.317. The lowest BCUT2D eigenvalue weighted by Gasteiger charge is -2.14. The smallest absolute Gasteiger partial charge is 0.254 e. The molecular weight excluding hydrogens is 278 g/mol. The number of rotatable bonds is 3. The maximum absolute atomic E-state index is 13.6. The quantitative estimate of drug-likeness (QED) is 0.941. The van der Waals surface area contributed by atoms with Crippen molar-refractivity contribution in [2.75, 3.05) is 0 Å². The molecule has 21 heavy (non-hydrogen) atoms. The molecule has 0 fully saturated rings. The van der Waals surface area contributed by atoms with Gasteiger partial charge in [-0.1, -0.05) is 6.07 Å². The third-order valence-corrected chi connectivity index (χ3v) is 3.57. The fourth-order valence-corrected chi connectivity index (χ4v) is 2.51. The Balaban J connectivity index is 1.79. The van der Waals surface area contributed by atoms with Crippen LogP contribution in [0.4, 0.5) is 8.78 Å². The van der Waals surface area contributed by atoms with E-state index in [2.05, 4.69) is 15.5 Å². The van der Waals surface area contributed by atoms with Gasteiger partial charge < -0.3 is 9.88 Å². The Hall–Kier alpha value is -2.31. The molecule has 1 unspecified atom stereocenters. The van der Waals surface area contributed by atoms with Crippen molar-refractivity contribution in [1.29, 1.82) is 0 Å². The minimum atomic E-state index is -1.14. The van der Waals surface area contributed by atoms with Crippen molar-refractivity contribution in [2.45, 2.75) is 32.4 Å². The fraction of sp³-hybridized carbons (Fsp3) is 0.357. The van der Waals surface area contributed by atoms with Crippen molar-refractivity contribution in [3.05, 3.63) is 47.0 Å². The van der Waals surface area contributed by atoms with Gasteiger partial charge in [-0.2, -0.15) is 0 Å². The van der Waals surface area contributed by atoms with E-state index in [1.165, 1.54) is 12.1 Å². The molecule has 0 saturated heterocycles. The van der Waals surface area contributed by atoms with Crippen LogP contribution in [0.5, 0.6) is 0 Å². The molecule has 1 aromatic carbocycles. The topological polar surface area (TPSA) is 59.8 Å². The van der Waals surface area contributed by atoms with Gasteiger partial charge >= 0.3 is 0 Å². The Kier molecular flexibility index (Phi) is 3.40. The van der Waals surface area contributed by atoms with Crippen LogP contribution >= 0.6 is 0 Å². The van der Waals surface area contributed by atoms with Crippen molar-refractivity contribution in [2.24, 2.45) is 0 Å². The number of halogens is 2. The average Bonchev–Trinajstić information content (AvgIpc) is 3.03. The number of nitrogens with one attached hydrogen (secondary N) is 1. The molecule has 1 atom stereocenters. The Morgan fingerprint density at radius 1 is 1.38 bits per heavy atom. The Morgan fingerprint density at radius 3 is 3.00 bits per heavy atom. The highest BCUT2D eigenvalue weighted by Gasteiger charge is 2.24. The van der Waals surface area contributed by atoms with E-state index in [0.717, 1.165) is 31.3 Å². The number of nitrogens with zero attached hydrogens (tertiary/aromatic N) is 3. The largest absolute Gasteiger partial charge is 0.342 e. The first kappa shape index (κ1) is 13.7. The number of benzene rings is 1. The summed E-state index contributed by atoms with van der Waals surface area (Å²) in [6.07, 6.45) is 1.86. The van der Waals surface area contributed by atoms with E-state index in [1.807, 2.05) is 4.57 Å².